The van der Waals surface area contributed by atoms with Crippen LogP contribution in [0.1, 0.15) is 61.8 Å². The van der Waals surface area contributed by atoms with E-state index in [1.807, 2.05) is 41.8 Å². The Hall–Kier alpha value is -0.260. The average Bonchev–Trinajstić information content (AvgIpc) is 2.48. The van der Waals surface area contributed by atoms with E-state index in [1.165, 1.54) is 6.26 Å². The Bertz CT molecular complexity index is 785. The smallest absolute Gasteiger partial charge is 0.214 e. The lowest BCUT2D eigenvalue weighted by Gasteiger charge is -2.34. The van der Waals surface area contributed by atoms with Gasteiger partial charge in [-0.05, 0) is 48.2 Å². The molecule has 0 aliphatic rings. The highest BCUT2D eigenvalue weighted by Gasteiger charge is 2.31. The molecule has 0 amide bonds. The molecule has 1 N–H and O–H groups in total. The number of sulfone groups is 1. The van der Waals surface area contributed by atoms with E-state index in [9.17, 15) is 16.8 Å². The lowest BCUT2D eigenvalue weighted by atomic mass is 9.94. The summed E-state index contributed by atoms with van der Waals surface area (Å²) in [5.41, 5.74) is -1.81. The maximum absolute atomic E-state index is 12.6. The van der Waals surface area contributed by atoms with Crippen LogP contribution in [-0.4, -0.2) is 91.1 Å². The zero-order valence-electron chi connectivity index (χ0n) is 22.2. The third-order valence-corrected chi connectivity index (χ3v) is 8.33. The summed E-state index contributed by atoms with van der Waals surface area (Å²) in [6, 6.07) is 0. The van der Waals surface area contributed by atoms with Gasteiger partial charge in [-0.2, -0.15) is 0 Å². The quantitative estimate of drug-likeness (QED) is 0.347. The van der Waals surface area contributed by atoms with Crippen molar-refractivity contribution in [2.24, 2.45) is 10.8 Å². The Morgan fingerprint density at radius 3 is 1.78 bits per heavy atom. The van der Waals surface area contributed by atoms with Crippen molar-refractivity contribution in [2.45, 2.75) is 73.0 Å². The number of ether oxygens (including phenoxy) is 2. The van der Waals surface area contributed by atoms with Crippen molar-refractivity contribution in [3.05, 3.63) is 0 Å². The molecule has 0 heterocycles. The number of nitrogens with one attached hydrogen (secondary N) is 1. The molecule has 0 saturated carbocycles. The minimum Gasteiger partial charge on any atom is -0.380 e. The summed E-state index contributed by atoms with van der Waals surface area (Å²) in [6.07, 6.45) is 2.00. The van der Waals surface area contributed by atoms with Crippen molar-refractivity contribution in [3.8, 4) is 0 Å². The van der Waals surface area contributed by atoms with Crippen LogP contribution in [0.5, 0.6) is 0 Å². The minimum absolute atomic E-state index is 0.0346. The molecule has 0 rings (SSSR count). The van der Waals surface area contributed by atoms with E-state index in [4.69, 9.17) is 9.47 Å². The second kappa shape index (κ2) is 11.4. The van der Waals surface area contributed by atoms with Crippen molar-refractivity contribution in [1.29, 1.82) is 0 Å². The SMILES string of the molecule is CN(C)C(C)(C)CCOC(C)(C)CS(=O)(=O)NCC(C)(C)COCC(C)(C)CS(C)(=O)=O. The number of rotatable bonds is 16. The molecule has 0 aliphatic carbocycles. The Labute approximate surface area is 197 Å². The van der Waals surface area contributed by atoms with E-state index < -0.39 is 36.3 Å². The van der Waals surface area contributed by atoms with E-state index >= 15 is 0 Å². The summed E-state index contributed by atoms with van der Waals surface area (Å²) >= 11 is 0. The van der Waals surface area contributed by atoms with Crippen LogP contribution >= 0.6 is 0 Å². The number of nitrogens with zero attached hydrogens (tertiary/aromatic N) is 1. The topological polar surface area (TPSA) is 102 Å². The minimum atomic E-state index is -3.55. The fourth-order valence-corrected chi connectivity index (χ4v) is 6.28. The fraction of sp³-hybridized carbons (Fsp3) is 1.00. The van der Waals surface area contributed by atoms with E-state index in [0.29, 0.717) is 13.2 Å². The Balaban J connectivity index is 4.64. The van der Waals surface area contributed by atoms with Crippen LogP contribution < -0.4 is 4.72 Å². The van der Waals surface area contributed by atoms with Gasteiger partial charge in [0.1, 0.15) is 9.84 Å². The predicted octanol–water partition coefficient (Wildman–Crippen LogP) is 2.54. The number of hydrogen-bond acceptors (Lipinski definition) is 7. The maximum atomic E-state index is 12.6. The molecular formula is C22H48N2O6S2. The van der Waals surface area contributed by atoms with Gasteiger partial charge in [0.15, 0.2) is 0 Å². The molecule has 8 nitrogen and oxygen atoms in total. The number of sulfonamides is 1. The van der Waals surface area contributed by atoms with Gasteiger partial charge in [0, 0.05) is 35.8 Å². The monoisotopic (exact) mass is 500 g/mol. The molecule has 0 aliphatic heterocycles. The molecule has 0 fully saturated rings. The van der Waals surface area contributed by atoms with Gasteiger partial charge in [-0.1, -0.05) is 27.7 Å². The van der Waals surface area contributed by atoms with Gasteiger partial charge in [-0.3, -0.25) is 0 Å². The summed E-state index contributed by atoms with van der Waals surface area (Å²) in [5.74, 6) is -0.103. The summed E-state index contributed by atoms with van der Waals surface area (Å²) in [5, 5.41) is 0. The van der Waals surface area contributed by atoms with Crippen molar-refractivity contribution >= 4 is 19.9 Å². The predicted molar refractivity (Wildman–Crippen MR) is 132 cm³/mol. The van der Waals surface area contributed by atoms with Gasteiger partial charge in [0.2, 0.25) is 10.0 Å². The van der Waals surface area contributed by atoms with Crippen molar-refractivity contribution in [2.75, 3.05) is 58.2 Å². The van der Waals surface area contributed by atoms with Gasteiger partial charge in [-0.15, -0.1) is 0 Å². The first kappa shape index (κ1) is 31.7. The van der Waals surface area contributed by atoms with Crippen LogP contribution in [0.4, 0.5) is 0 Å². The lowest BCUT2D eigenvalue weighted by molar-refractivity contribution is -0.0171. The van der Waals surface area contributed by atoms with Gasteiger partial charge >= 0.3 is 0 Å². The second-order valence-electron chi connectivity index (χ2n) is 12.0. The zero-order chi connectivity index (χ0) is 25.6. The molecular weight excluding hydrogens is 452 g/mol. The summed E-state index contributed by atoms with van der Waals surface area (Å²) in [7, 11) is -2.63. The Kier molecular flexibility index (Phi) is 11.4. The van der Waals surface area contributed by atoms with Gasteiger partial charge in [0.05, 0.1) is 30.3 Å². The first-order valence-electron chi connectivity index (χ1n) is 11.0. The van der Waals surface area contributed by atoms with Crippen LogP contribution in [0.25, 0.3) is 0 Å². The van der Waals surface area contributed by atoms with Crippen molar-refractivity contribution in [3.63, 3.8) is 0 Å². The van der Waals surface area contributed by atoms with Crippen LogP contribution in [0.15, 0.2) is 0 Å². The highest BCUT2D eigenvalue weighted by Crippen LogP contribution is 2.22. The largest absolute Gasteiger partial charge is 0.380 e. The highest BCUT2D eigenvalue weighted by molar-refractivity contribution is 7.90. The third-order valence-electron chi connectivity index (χ3n) is 5.36. The molecule has 0 bridgehead atoms. The van der Waals surface area contributed by atoms with Crippen LogP contribution in [0.3, 0.4) is 0 Å². The molecule has 10 heteroatoms. The summed E-state index contributed by atoms with van der Waals surface area (Å²) in [4.78, 5) is 2.12. The zero-order valence-corrected chi connectivity index (χ0v) is 23.8. The van der Waals surface area contributed by atoms with E-state index in [1.54, 1.807) is 13.8 Å². The van der Waals surface area contributed by atoms with Gasteiger partial charge < -0.3 is 14.4 Å². The standard InChI is InChI=1S/C22H48N2O6S2/c1-19(2,15-29-16-20(3,4)17-31(11,25)26)14-23-32(27,28)18-22(7,8)30-13-12-21(5,6)24(9)10/h23H,12-18H2,1-11H3. The van der Waals surface area contributed by atoms with E-state index in [0.717, 1.165) is 6.42 Å². The summed E-state index contributed by atoms with van der Waals surface area (Å²) in [6.45, 7) is 16.6. The second-order valence-corrected chi connectivity index (χ2v) is 16.0. The third kappa shape index (κ3) is 14.8. The maximum Gasteiger partial charge on any atom is 0.214 e. The molecule has 0 aromatic carbocycles. The number of hydrogen-bond donors (Lipinski definition) is 1. The fourth-order valence-electron chi connectivity index (χ4n) is 3.06. The highest BCUT2D eigenvalue weighted by atomic mass is 32.2. The first-order chi connectivity index (χ1) is 14.0. The van der Waals surface area contributed by atoms with Gasteiger partial charge in [0.25, 0.3) is 0 Å². The van der Waals surface area contributed by atoms with Gasteiger partial charge in [-0.25, -0.2) is 21.6 Å². The van der Waals surface area contributed by atoms with Crippen LogP contribution in [0, 0.1) is 10.8 Å². The molecule has 0 atom stereocenters. The summed E-state index contributed by atoms with van der Waals surface area (Å²) < 4.78 is 62.7. The van der Waals surface area contributed by atoms with Crippen LogP contribution in [-0.2, 0) is 29.3 Å². The average molecular weight is 501 g/mol. The molecule has 0 aromatic heterocycles. The molecule has 32 heavy (non-hydrogen) atoms. The lowest BCUT2D eigenvalue weighted by Crippen LogP contribution is -2.45. The normalized spacial score (nSPS) is 14.9. The molecule has 0 unspecified atom stereocenters. The van der Waals surface area contributed by atoms with E-state index in [2.05, 4.69) is 23.5 Å². The first-order valence-corrected chi connectivity index (χ1v) is 14.7. The Morgan fingerprint density at radius 2 is 1.31 bits per heavy atom. The van der Waals surface area contributed by atoms with Crippen molar-refractivity contribution < 1.29 is 26.3 Å². The Morgan fingerprint density at radius 1 is 0.812 bits per heavy atom. The van der Waals surface area contributed by atoms with E-state index in [-0.39, 0.29) is 30.2 Å². The molecule has 194 valence electrons. The molecule has 0 aromatic rings. The molecule has 0 saturated heterocycles. The molecule has 0 radical (unpaired) electrons. The van der Waals surface area contributed by atoms with Crippen LogP contribution in [0.2, 0.25) is 0 Å². The van der Waals surface area contributed by atoms with Crippen molar-refractivity contribution in [1.82, 2.24) is 9.62 Å². The molecule has 0 spiro atoms.